The van der Waals surface area contributed by atoms with Gasteiger partial charge in [-0.1, -0.05) is 25.0 Å². The van der Waals surface area contributed by atoms with Crippen LogP contribution in [0.4, 0.5) is 0 Å². The van der Waals surface area contributed by atoms with E-state index in [0.29, 0.717) is 17.8 Å². The maximum absolute atomic E-state index is 12.3. The van der Waals surface area contributed by atoms with Gasteiger partial charge >= 0.3 is 0 Å². The maximum Gasteiger partial charge on any atom is 0.261 e. The van der Waals surface area contributed by atoms with Crippen molar-refractivity contribution in [2.75, 3.05) is 6.61 Å². The first-order valence-corrected chi connectivity index (χ1v) is 7.46. The van der Waals surface area contributed by atoms with Gasteiger partial charge in [0, 0.05) is 12.6 Å². The number of aliphatic hydroxyl groups excluding tert-OH is 1. The third-order valence-electron chi connectivity index (χ3n) is 4.56. The Hall–Kier alpha value is -1.72. The van der Waals surface area contributed by atoms with Gasteiger partial charge in [0.2, 0.25) is 0 Å². The Kier molecular flexibility index (Phi) is 3.78. The van der Waals surface area contributed by atoms with Crippen LogP contribution in [0.15, 0.2) is 29.1 Å². The van der Waals surface area contributed by atoms with Crippen LogP contribution >= 0.6 is 0 Å². The second kappa shape index (κ2) is 5.58. The Morgan fingerprint density at radius 3 is 2.76 bits per heavy atom. The van der Waals surface area contributed by atoms with Crippen LogP contribution in [0.3, 0.4) is 0 Å². The summed E-state index contributed by atoms with van der Waals surface area (Å²) in [5, 5.41) is 13.7. The van der Waals surface area contributed by atoms with Crippen LogP contribution in [0.25, 0.3) is 10.9 Å². The lowest BCUT2D eigenvalue weighted by atomic mass is 9.99. The Labute approximate surface area is 123 Å². The number of aromatic nitrogens is 2. The van der Waals surface area contributed by atoms with E-state index in [-0.39, 0.29) is 17.7 Å². The van der Waals surface area contributed by atoms with Gasteiger partial charge in [-0.15, -0.1) is 0 Å². The fourth-order valence-corrected chi connectivity index (χ4v) is 3.13. The van der Waals surface area contributed by atoms with Crippen molar-refractivity contribution >= 4 is 10.9 Å². The van der Waals surface area contributed by atoms with Gasteiger partial charge < -0.3 is 10.4 Å². The number of hydrogen-bond acceptors (Lipinski definition) is 4. The van der Waals surface area contributed by atoms with Crippen LogP contribution in [-0.4, -0.2) is 26.8 Å². The van der Waals surface area contributed by atoms with Gasteiger partial charge in [-0.25, -0.2) is 4.98 Å². The molecule has 1 saturated carbocycles. The minimum absolute atomic E-state index is 0.0260. The monoisotopic (exact) mass is 287 g/mol. The van der Waals surface area contributed by atoms with E-state index in [2.05, 4.69) is 10.3 Å². The van der Waals surface area contributed by atoms with Crippen molar-refractivity contribution in [3.63, 3.8) is 0 Å². The lowest BCUT2D eigenvalue weighted by Crippen LogP contribution is -2.46. The van der Waals surface area contributed by atoms with E-state index in [1.807, 2.05) is 18.2 Å². The number of hydrogen-bond donors (Lipinski definition) is 2. The zero-order valence-corrected chi connectivity index (χ0v) is 12.3. The van der Waals surface area contributed by atoms with Gasteiger partial charge in [0.15, 0.2) is 0 Å². The van der Waals surface area contributed by atoms with Crippen LogP contribution in [0, 0.1) is 0 Å². The van der Waals surface area contributed by atoms with E-state index in [1.54, 1.807) is 17.7 Å². The Morgan fingerprint density at radius 1 is 1.33 bits per heavy atom. The number of aliphatic hydroxyl groups is 1. The molecule has 0 amide bonds. The quantitative estimate of drug-likeness (QED) is 0.890. The maximum atomic E-state index is 12.3. The molecule has 21 heavy (non-hydrogen) atoms. The predicted octanol–water partition coefficient (Wildman–Crippen LogP) is 1.33. The summed E-state index contributed by atoms with van der Waals surface area (Å²) < 4.78 is 1.59. The summed E-state index contributed by atoms with van der Waals surface area (Å²) in [6.45, 7) is 0.631. The molecule has 2 aromatic rings. The second-order valence-corrected chi connectivity index (χ2v) is 5.91. The molecule has 0 radical (unpaired) electrons. The van der Waals surface area contributed by atoms with E-state index in [0.717, 1.165) is 31.2 Å². The molecule has 2 N–H and O–H groups in total. The van der Waals surface area contributed by atoms with Crippen molar-refractivity contribution in [1.82, 2.24) is 14.9 Å². The molecule has 0 saturated heterocycles. The van der Waals surface area contributed by atoms with E-state index in [1.165, 1.54) is 0 Å². The summed E-state index contributed by atoms with van der Waals surface area (Å²) in [6.07, 6.45) is 4.23. The zero-order chi connectivity index (χ0) is 14.9. The van der Waals surface area contributed by atoms with Gasteiger partial charge in [0.1, 0.15) is 5.82 Å². The highest BCUT2D eigenvalue weighted by molar-refractivity contribution is 5.77. The van der Waals surface area contributed by atoms with Crippen LogP contribution in [-0.2, 0) is 13.6 Å². The summed E-state index contributed by atoms with van der Waals surface area (Å²) in [6, 6.07) is 7.40. The van der Waals surface area contributed by atoms with Crippen LogP contribution < -0.4 is 10.9 Å². The standard InChI is InChI=1S/C16H21N3O2/c1-19-14(10-17-16(11-20)8-4-5-9-16)18-13-7-3-2-6-12(13)15(19)21/h2-3,6-7,17,20H,4-5,8-11H2,1H3. The first-order valence-electron chi connectivity index (χ1n) is 7.46. The molecule has 1 aliphatic carbocycles. The molecule has 1 fully saturated rings. The smallest absolute Gasteiger partial charge is 0.261 e. The topological polar surface area (TPSA) is 67.2 Å². The Morgan fingerprint density at radius 2 is 2.05 bits per heavy atom. The van der Waals surface area contributed by atoms with E-state index in [9.17, 15) is 9.90 Å². The molecule has 112 valence electrons. The lowest BCUT2D eigenvalue weighted by Gasteiger charge is -2.28. The summed E-state index contributed by atoms with van der Waals surface area (Å²) in [7, 11) is 1.75. The summed E-state index contributed by atoms with van der Waals surface area (Å²) in [4.78, 5) is 16.9. The molecule has 0 unspecified atom stereocenters. The molecule has 1 aromatic heterocycles. The van der Waals surface area contributed by atoms with Crippen molar-refractivity contribution in [3.05, 3.63) is 40.4 Å². The van der Waals surface area contributed by atoms with Crippen molar-refractivity contribution in [2.24, 2.45) is 7.05 Å². The van der Waals surface area contributed by atoms with E-state index in [4.69, 9.17) is 0 Å². The molecule has 1 aliphatic rings. The molecule has 5 heteroatoms. The first-order chi connectivity index (χ1) is 10.2. The highest BCUT2D eigenvalue weighted by atomic mass is 16.3. The molecule has 0 atom stereocenters. The number of benzene rings is 1. The molecule has 0 bridgehead atoms. The molecular formula is C16H21N3O2. The highest BCUT2D eigenvalue weighted by Gasteiger charge is 2.32. The molecule has 0 spiro atoms. The van der Waals surface area contributed by atoms with Crippen LogP contribution in [0.2, 0.25) is 0 Å². The molecule has 0 aliphatic heterocycles. The van der Waals surface area contributed by atoms with Gasteiger partial charge in [-0.3, -0.25) is 9.36 Å². The van der Waals surface area contributed by atoms with Gasteiger partial charge in [0.05, 0.1) is 24.1 Å². The zero-order valence-electron chi connectivity index (χ0n) is 12.3. The minimum atomic E-state index is -0.205. The Balaban J connectivity index is 1.90. The van der Waals surface area contributed by atoms with Gasteiger partial charge in [-0.05, 0) is 25.0 Å². The number of fused-ring (bicyclic) bond motifs is 1. The van der Waals surface area contributed by atoms with Crippen molar-refractivity contribution in [1.29, 1.82) is 0 Å². The van der Waals surface area contributed by atoms with E-state index < -0.39 is 0 Å². The SMILES string of the molecule is Cn1c(CNC2(CO)CCCC2)nc2ccccc2c1=O. The van der Waals surface area contributed by atoms with Gasteiger partial charge in [0.25, 0.3) is 5.56 Å². The molecule has 5 nitrogen and oxygen atoms in total. The number of nitrogens with zero attached hydrogens (tertiary/aromatic N) is 2. The Bertz CT molecular complexity index is 702. The summed E-state index contributed by atoms with van der Waals surface area (Å²) in [5.74, 6) is 0.707. The van der Waals surface area contributed by atoms with Crippen molar-refractivity contribution < 1.29 is 5.11 Å². The summed E-state index contributed by atoms with van der Waals surface area (Å²) >= 11 is 0. The minimum Gasteiger partial charge on any atom is -0.394 e. The number of nitrogens with one attached hydrogen (secondary N) is 1. The largest absolute Gasteiger partial charge is 0.394 e. The lowest BCUT2D eigenvalue weighted by molar-refractivity contribution is 0.161. The molecule has 3 rings (SSSR count). The predicted molar refractivity (Wildman–Crippen MR) is 82.1 cm³/mol. The number of rotatable bonds is 4. The van der Waals surface area contributed by atoms with Crippen LogP contribution in [0.1, 0.15) is 31.5 Å². The third-order valence-corrected chi connectivity index (χ3v) is 4.56. The molecule has 1 heterocycles. The van der Waals surface area contributed by atoms with Crippen LogP contribution in [0.5, 0.6) is 0 Å². The van der Waals surface area contributed by atoms with E-state index >= 15 is 0 Å². The fourth-order valence-electron chi connectivity index (χ4n) is 3.13. The summed E-state index contributed by atoms with van der Waals surface area (Å²) in [5.41, 5.74) is 0.493. The number of para-hydroxylation sites is 1. The normalized spacial score (nSPS) is 17.4. The first kappa shape index (κ1) is 14.2. The molecule has 1 aromatic carbocycles. The van der Waals surface area contributed by atoms with Crippen molar-refractivity contribution in [2.45, 2.75) is 37.8 Å². The van der Waals surface area contributed by atoms with Gasteiger partial charge in [-0.2, -0.15) is 0 Å². The molecular weight excluding hydrogens is 266 g/mol. The second-order valence-electron chi connectivity index (χ2n) is 5.91. The van der Waals surface area contributed by atoms with Crippen molar-refractivity contribution in [3.8, 4) is 0 Å². The fraction of sp³-hybridized carbons (Fsp3) is 0.500. The third kappa shape index (κ3) is 2.59. The highest BCUT2D eigenvalue weighted by Crippen LogP contribution is 2.29. The average molecular weight is 287 g/mol. The average Bonchev–Trinajstić information content (AvgIpc) is 2.99.